The van der Waals surface area contributed by atoms with E-state index in [1.165, 1.54) is 18.4 Å². The van der Waals surface area contributed by atoms with Crippen molar-refractivity contribution in [1.29, 1.82) is 0 Å². The fourth-order valence-electron chi connectivity index (χ4n) is 4.63. The van der Waals surface area contributed by atoms with Crippen LogP contribution >= 0.6 is 0 Å². The Balaban J connectivity index is 0.000000247. The van der Waals surface area contributed by atoms with E-state index >= 15 is 0 Å². The van der Waals surface area contributed by atoms with Crippen molar-refractivity contribution in [2.45, 2.75) is 38.5 Å². The van der Waals surface area contributed by atoms with Crippen LogP contribution in [0.4, 0.5) is 5.69 Å². The van der Waals surface area contributed by atoms with Crippen LogP contribution in [0.2, 0.25) is 0 Å². The van der Waals surface area contributed by atoms with Crippen molar-refractivity contribution in [2.75, 3.05) is 38.2 Å². The quantitative estimate of drug-likeness (QED) is 0.198. The van der Waals surface area contributed by atoms with Gasteiger partial charge in [0, 0.05) is 44.5 Å². The van der Waals surface area contributed by atoms with E-state index in [1.54, 1.807) is 19.2 Å². The minimum atomic E-state index is -0.816. The summed E-state index contributed by atoms with van der Waals surface area (Å²) in [7, 11) is 1.65. The van der Waals surface area contributed by atoms with E-state index in [9.17, 15) is 19.7 Å². The van der Waals surface area contributed by atoms with Gasteiger partial charge >= 0.3 is 0 Å². The first-order valence-electron chi connectivity index (χ1n) is 13.7. The van der Waals surface area contributed by atoms with E-state index in [-0.39, 0.29) is 12.5 Å². The van der Waals surface area contributed by atoms with Crippen molar-refractivity contribution in [2.24, 2.45) is 0 Å². The number of anilines is 1. The average Bonchev–Trinajstić information content (AvgIpc) is 3.86. The third-order valence-electron chi connectivity index (χ3n) is 7.14. The van der Waals surface area contributed by atoms with Gasteiger partial charge in [-0.1, -0.05) is 54.6 Å². The summed E-state index contributed by atoms with van der Waals surface area (Å²) in [4.78, 5) is 43.9. The van der Waals surface area contributed by atoms with Gasteiger partial charge in [0.25, 0.3) is 5.09 Å². The topological polar surface area (TPSA) is 105 Å². The lowest BCUT2D eigenvalue weighted by atomic mass is 10.1. The maximum Gasteiger partial charge on any atom is 0.294 e. The average molecular weight is 561 g/mol. The van der Waals surface area contributed by atoms with E-state index < -0.39 is 5.09 Å². The normalized spacial score (nSPS) is 14.4. The Morgan fingerprint density at radius 3 is 2.12 bits per heavy atom. The number of ether oxygens (including phenoxy) is 1. The Hall–Kier alpha value is -4.60. The Morgan fingerprint density at radius 1 is 0.927 bits per heavy atom. The number of rotatable bonds is 11. The molecule has 2 amide bonds. The van der Waals surface area contributed by atoms with Crippen LogP contribution in [-0.2, 0) is 34.0 Å². The summed E-state index contributed by atoms with van der Waals surface area (Å²) < 4.78 is 5.18. The van der Waals surface area contributed by atoms with E-state index in [0.717, 1.165) is 43.0 Å². The number of carbonyl (C=O) groups is 2. The zero-order chi connectivity index (χ0) is 29.0. The molecule has 2 fully saturated rings. The van der Waals surface area contributed by atoms with Crippen LogP contribution < -0.4 is 9.64 Å². The minimum absolute atomic E-state index is 0.0867. The molecule has 0 unspecified atom stereocenters. The maximum atomic E-state index is 12.6. The number of nitrogens with zero attached hydrogens (tertiary/aromatic N) is 4. The molecule has 1 saturated heterocycles. The summed E-state index contributed by atoms with van der Waals surface area (Å²) in [5.41, 5.74) is 3.91. The molecule has 0 aromatic heterocycles. The lowest BCUT2D eigenvalue weighted by molar-refractivity contribution is -0.763. The molecule has 1 heterocycles. The number of carbonyl (C=O) groups excluding carboxylic acids is 2. The second kappa shape index (κ2) is 14.7. The van der Waals surface area contributed by atoms with Crippen molar-refractivity contribution in [1.82, 2.24) is 9.80 Å². The monoisotopic (exact) mass is 560 g/mol. The summed E-state index contributed by atoms with van der Waals surface area (Å²) in [6.07, 6.45) is 3.63. The highest BCUT2D eigenvalue weighted by Crippen LogP contribution is 2.26. The van der Waals surface area contributed by atoms with Crippen LogP contribution in [0.3, 0.4) is 0 Å². The van der Waals surface area contributed by atoms with Crippen molar-refractivity contribution >= 4 is 18.0 Å². The zero-order valence-electron chi connectivity index (χ0n) is 23.3. The van der Waals surface area contributed by atoms with E-state index in [1.807, 2.05) is 64.4 Å². The van der Waals surface area contributed by atoms with Crippen molar-refractivity contribution in [3.8, 4) is 5.75 Å². The third kappa shape index (κ3) is 9.23. The number of methoxy groups -OCH3 is 1. The van der Waals surface area contributed by atoms with Gasteiger partial charge in [-0.15, -0.1) is 10.1 Å². The molecule has 2 aliphatic rings. The summed E-state index contributed by atoms with van der Waals surface area (Å²) in [6, 6.07) is 25.7. The highest BCUT2D eigenvalue weighted by Gasteiger charge is 2.27. The van der Waals surface area contributed by atoms with Crippen LogP contribution in [-0.4, -0.2) is 66.5 Å². The summed E-state index contributed by atoms with van der Waals surface area (Å²) in [5, 5.41) is 9.41. The van der Waals surface area contributed by atoms with Gasteiger partial charge in [-0.25, -0.2) is 0 Å². The SMILES string of the molecule is COc1ccc(N2CCN(C(=O)Cc3ccc(CO[N+](=O)[O-])cc3)CC2)cc1.O=CN(Cc1ccccc1)C1CC1. The van der Waals surface area contributed by atoms with Gasteiger partial charge in [-0.3, -0.25) is 9.59 Å². The Bertz CT molecular complexity index is 1260. The van der Waals surface area contributed by atoms with Gasteiger partial charge in [-0.2, -0.15) is 0 Å². The van der Waals surface area contributed by atoms with Gasteiger partial charge in [0.2, 0.25) is 12.3 Å². The smallest absolute Gasteiger partial charge is 0.294 e. The largest absolute Gasteiger partial charge is 0.497 e. The molecule has 5 rings (SSSR count). The number of amides is 2. The van der Waals surface area contributed by atoms with Gasteiger partial charge in [0.1, 0.15) is 12.4 Å². The molecule has 0 bridgehead atoms. The van der Waals surface area contributed by atoms with Gasteiger partial charge in [0.05, 0.1) is 13.5 Å². The summed E-state index contributed by atoms with van der Waals surface area (Å²) >= 11 is 0. The first kappa shape index (κ1) is 29.4. The molecule has 0 N–H and O–H groups in total. The van der Waals surface area contributed by atoms with E-state index in [4.69, 9.17) is 4.74 Å². The Labute approximate surface area is 240 Å². The first-order chi connectivity index (χ1) is 19.9. The first-order valence-corrected chi connectivity index (χ1v) is 13.7. The standard InChI is InChI=1S/C20H23N3O5.C11H13NO/c1-27-19-8-6-18(7-9-19)21-10-12-22(13-11-21)20(24)14-16-2-4-17(5-3-16)15-28-23(25)26;13-9-12(11-6-7-11)8-10-4-2-1-3-5-10/h2-9H,10-15H2,1H3;1-5,9,11H,6-8H2. The molecule has 0 atom stereocenters. The zero-order valence-corrected chi connectivity index (χ0v) is 23.3. The second-order valence-electron chi connectivity index (χ2n) is 10.1. The molecule has 1 aliphatic carbocycles. The van der Waals surface area contributed by atoms with Crippen LogP contribution in [0.15, 0.2) is 78.9 Å². The van der Waals surface area contributed by atoms with Crippen molar-refractivity contribution in [3.05, 3.63) is 106 Å². The van der Waals surface area contributed by atoms with Crippen molar-refractivity contribution < 1.29 is 24.3 Å². The van der Waals surface area contributed by atoms with Crippen LogP contribution in [0.1, 0.15) is 29.5 Å². The predicted molar refractivity (Wildman–Crippen MR) is 155 cm³/mol. The Kier molecular flexibility index (Phi) is 10.5. The molecule has 0 spiro atoms. The molecule has 10 nitrogen and oxygen atoms in total. The molecule has 3 aromatic rings. The highest BCUT2D eigenvalue weighted by molar-refractivity contribution is 5.79. The van der Waals surface area contributed by atoms with Crippen LogP contribution in [0.25, 0.3) is 0 Å². The fourth-order valence-corrected chi connectivity index (χ4v) is 4.63. The minimum Gasteiger partial charge on any atom is -0.497 e. The number of benzene rings is 3. The van der Waals surface area contributed by atoms with Crippen LogP contribution in [0.5, 0.6) is 5.75 Å². The Morgan fingerprint density at radius 2 is 1.56 bits per heavy atom. The molecule has 0 radical (unpaired) electrons. The van der Waals surface area contributed by atoms with Gasteiger partial charge in [-0.05, 0) is 53.8 Å². The number of piperazine rings is 1. The highest BCUT2D eigenvalue weighted by atomic mass is 16.9. The molecule has 1 aliphatic heterocycles. The lowest BCUT2D eigenvalue weighted by Crippen LogP contribution is -2.49. The molecule has 10 heteroatoms. The summed E-state index contributed by atoms with van der Waals surface area (Å²) in [5.74, 6) is 0.914. The second-order valence-corrected chi connectivity index (χ2v) is 10.1. The van der Waals surface area contributed by atoms with Crippen molar-refractivity contribution in [3.63, 3.8) is 0 Å². The van der Waals surface area contributed by atoms with E-state index in [0.29, 0.717) is 31.1 Å². The molecule has 216 valence electrons. The van der Waals surface area contributed by atoms with Crippen LogP contribution in [0, 0.1) is 10.1 Å². The molecular formula is C31H36N4O6. The molecule has 41 heavy (non-hydrogen) atoms. The molecule has 3 aromatic carbocycles. The summed E-state index contributed by atoms with van der Waals surface area (Å²) in [6.45, 7) is 3.60. The number of hydrogen-bond donors (Lipinski definition) is 0. The molecule has 1 saturated carbocycles. The van der Waals surface area contributed by atoms with Gasteiger partial charge < -0.3 is 24.3 Å². The van der Waals surface area contributed by atoms with E-state index in [2.05, 4.69) is 21.9 Å². The number of hydrogen-bond acceptors (Lipinski definition) is 7. The lowest BCUT2D eigenvalue weighted by Gasteiger charge is -2.36. The maximum absolute atomic E-state index is 12.6. The fraction of sp³-hybridized carbons (Fsp3) is 0.355. The third-order valence-corrected chi connectivity index (χ3v) is 7.14. The molecular weight excluding hydrogens is 524 g/mol. The predicted octanol–water partition coefficient (Wildman–Crippen LogP) is 4.10. The van der Waals surface area contributed by atoms with Gasteiger partial charge in [0.15, 0.2) is 0 Å².